The second-order valence-corrected chi connectivity index (χ2v) is 6.03. The summed E-state index contributed by atoms with van der Waals surface area (Å²) in [7, 11) is 0. The van der Waals surface area contributed by atoms with Gasteiger partial charge < -0.3 is 14.8 Å². The Balaban J connectivity index is 1.55. The quantitative estimate of drug-likeness (QED) is 0.818. The van der Waals surface area contributed by atoms with Crippen LogP contribution in [0.15, 0.2) is 48.0 Å². The molecule has 1 aliphatic rings. The molecule has 1 heterocycles. The summed E-state index contributed by atoms with van der Waals surface area (Å²) in [5, 5.41) is 2.50. The van der Waals surface area contributed by atoms with Crippen molar-refractivity contribution in [3.63, 3.8) is 0 Å². The summed E-state index contributed by atoms with van der Waals surface area (Å²) in [6, 6.07) is 9.62. The normalized spacial score (nSPS) is 13.7. The fourth-order valence-electron chi connectivity index (χ4n) is 2.67. The first-order chi connectivity index (χ1) is 12.9. The number of nitrogens with one attached hydrogen (secondary N) is 1. The minimum Gasteiger partial charge on any atom is -0.488 e. The van der Waals surface area contributed by atoms with Crippen molar-refractivity contribution in [3.05, 3.63) is 70.8 Å². The van der Waals surface area contributed by atoms with E-state index in [0.29, 0.717) is 11.3 Å². The van der Waals surface area contributed by atoms with Gasteiger partial charge in [-0.05, 0) is 25.1 Å². The first-order valence-electron chi connectivity index (χ1n) is 8.28. The molecule has 27 heavy (non-hydrogen) atoms. The Hall–Kier alpha value is -3.22. The van der Waals surface area contributed by atoms with Crippen molar-refractivity contribution in [2.24, 2.45) is 0 Å². The van der Waals surface area contributed by atoms with Crippen LogP contribution in [-0.4, -0.2) is 25.1 Å². The van der Waals surface area contributed by atoms with E-state index in [1.165, 1.54) is 6.07 Å². The molecule has 2 aromatic rings. The van der Waals surface area contributed by atoms with Gasteiger partial charge in [-0.2, -0.15) is 0 Å². The molecular weight excluding hydrogens is 356 g/mol. The number of fused-ring (bicyclic) bond motifs is 1. The first-order valence-corrected chi connectivity index (χ1v) is 8.28. The molecule has 140 valence electrons. The number of ether oxygens (including phenoxy) is 2. The van der Waals surface area contributed by atoms with Crippen LogP contribution < -0.4 is 10.1 Å². The Kier molecular flexibility index (Phi) is 5.49. The van der Waals surface area contributed by atoms with Crippen LogP contribution in [0.3, 0.4) is 0 Å². The molecule has 0 radical (unpaired) electrons. The Labute approximate surface area is 154 Å². The number of esters is 1. The molecule has 1 N–H and O–H groups in total. The molecule has 0 fully saturated rings. The van der Waals surface area contributed by atoms with Gasteiger partial charge in [0.15, 0.2) is 6.61 Å². The van der Waals surface area contributed by atoms with E-state index in [0.717, 1.165) is 17.7 Å². The van der Waals surface area contributed by atoms with Crippen molar-refractivity contribution in [2.45, 2.75) is 13.0 Å². The second kappa shape index (κ2) is 7.99. The maximum atomic E-state index is 13.7. The lowest BCUT2D eigenvalue weighted by Crippen LogP contribution is -2.32. The number of halogens is 2. The highest BCUT2D eigenvalue weighted by Gasteiger charge is 2.20. The van der Waals surface area contributed by atoms with E-state index in [2.05, 4.69) is 5.32 Å². The van der Waals surface area contributed by atoms with Gasteiger partial charge in [0.2, 0.25) is 0 Å². The van der Waals surface area contributed by atoms with Gasteiger partial charge in [0.1, 0.15) is 24.0 Å². The van der Waals surface area contributed by atoms with E-state index in [-0.39, 0.29) is 12.2 Å². The van der Waals surface area contributed by atoms with Crippen molar-refractivity contribution in [3.8, 4) is 5.75 Å². The fourth-order valence-corrected chi connectivity index (χ4v) is 2.67. The van der Waals surface area contributed by atoms with Crippen molar-refractivity contribution < 1.29 is 27.8 Å². The maximum absolute atomic E-state index is 13.7. The van der Waals surface area contributed by atoms with E-state index in [1.54, 1.807) is 25.1 Å². The molecule has 0 unspecified atom stereocenters. The highest BCUT2D eigenvalue weighted by molar-refractivity contribution is 5.96. The van der Waals surface area contributed by atoms with Crippen molar-refractivity contribution in [1.29, 1.82) is 0 Å². The average Bonchev–Trinajstić information content (AvgIpc) is 2.65. The van der Waals surface area contributed by atoms with Gasteiger partial charge in [0, 0.05) is 17.2 Å². The van der Waals surface area contributed by atoms with E-state index in [9.17, 15) is 18.4 Å². The standard InChI is InChI=1S/C20H17F2NO4/c1-12(16-7-6-15(21)9-17(16)22)23-19(24)11-27-20(25)14-8-13-4-2-3-5-18(13)26-10-14/h2-9,12H,10-11H2,1H3,(H,23,24)/t12-/m0/s1. The Morgan fingerprint density at radius 3 is 2.78 bits per heavy atom. The fraction of sp³-hybridized carbons (Fsp3) is 0.200. The molecule has 3 rings (SSSR count). The lowest BCUT2D eigenvalue weighted by Gasteiger charge is -2.18. The molecule has 0 saturated heterocycles. The predicted octanol–water partition coefficient (Wildman–Crippen LogP) is 3.16. The Morgan fingerprint density at radius 2 is 2.00 bits per heavy atom. The number of carbonyl (C=O) groups is 2. The molecule has 0 aliphatic carbocycles. The molecule has 1 amide bonds. The average molecular weight is 373 g/mol. The van der Waals surface area contributed by atoms with Crippen LogP contribution in [0, 0.1) is 11.6 Å². The zero-order chi connectivity index (χ0) is 19.4. The van der Waals surface area contributed by atoms with Crippen LogP contribution in [-0.2, 0) is 14.3 Å². The van der Waals surface area contributed by atoms with Gasteiger partial charge in [-0.3, -0.25) is 4.79 Å². The highest BCUT2D eigenvalue weighted by Crippen LogP contribution is 2.26. The minimum atomic E-state index is -0.761. The van der Waals surface area contributed by atoms with E-state index >= 15 is 0 Å². The molecule has 0 bridgehead atoms. The van der Waals surface area contributed by atoms with Crippen molar-refractivity contribution in [2.75, 3.05) is 13.2 Å². The molecule has 7 heteroatoms. The highest BCUT2D eigenvalue weighted by atomic mass is 19.1. The smallest absolute Gasteiger partial charge is 0.338 e. The van der Waals surface area contributed by atoms with Crippen LogP contribution in [0.2, 0.25) is 0 Å². The number of benzene rings is 2. The summed E-state index contributed by atoms with van der Waals surface area (Å²) in [5.41, 5.74) is 1.18. The summed E-state index contributed by atoms with van der Waals surface area (Å²) >= 11 is 0. The minimum absolute atomic E-state index is 0.0503. The number of carbonyl (C=O) groups excluding carboxylic acids is 2. The van der Waals surface area contributed by atoms with E-state index < -0.39 is 36.2 Å². The van der Waals surface area contributed by atoms with Gasteiger partial charge in [-0.25, -0.2) is 13.6 Å². The lowest BCUT2D eigenvalue weighted by atomic mass is 10.1. The van der Waals surface area contributed by atoms with Crippen molar-refractivity contribution in [1.82, 2.24) is 5.32 Å². The third kappa shape index (κ3) is 4.49. The summed E-state index contributed by atoms with van der Waals surface area (Å²) in [6.07, 6.45) is 1.65. The third-order valence-electron chi connectivity index (χ3n) is 4.03. The van der Waals surface area contributed by atoms with Crippen LogP contribution in [0.4, 0.5) is 8.78 Å². The number of amides is 1. The largest absolute Gasteiger partial charge is 0.488 e. The number of hydrogen-bond acceptors (Lipinski definition) is 4. The van der Waals surface area contributed by atoms with Gasteiger partial charge in [-0.15, -0.1) is 0 Å². The Morgan fingerprint density at radius 1 is 1.22 bits per heavy atom. The number of para-hydroxylation sites is 1. The topological polar surface area (TPSA) is 64.6 Å². The lowest BCUT2D eigenvalue weighted by molar-refractivity contribution is -0.145. The molecule has 0 saturated carbocycles. The van der Waals surface area contributed by atoms with Crippen LogP contribution in [0.5, 0.6) is 5.75 Å². The van der Waals surface area contributed by atoms with Crippen molar-refractivity contribution >= 4 is 18.0 Å². The zero-order valence-electron chi connectivity index (χ0n) is 14.5. The molecule has 1 aliphatic heterocycles. The van der Waals surface area contributed by atoms with Gasteiger partial charge in [-0.1, -0.05) is 24.3 Å². The molecule has 0 aromatic heterocycles. The summed E-state index contributed by atoms with van der Waals surface area (Å²) in [6.45, 7) is 1.07. The summed E-state index contributed by atoms with van der Waals surface area (Å²) in [4.78, 5) is 24.1. The Bertz CT molecular complexity index is 911. The molecule has 0 spiro atoms. The van der Waals surface area contributed by atoms with Crippen LogP contribution in [0.25, 0.3) is 6.08 Å². The van der Waals surface area contributed by atoms with E-state index in [4.69, 9.17) is 9.47 Å². The first kappa shape index (κ1) is 18.6. The van der Waals surface area contributed by atoms with Crippen LogP contribution >= 0.6 is 0 Å². The second-order valence-electron chi connectivity index (χ2n) is 6.03. The van der Waals surface area contributed by atoms with Crippen LogP contribution in [0.1, 0.15) is 24.1 Å². The zero-order valence-corrected chi connectivity index (χ0v) is 14.5. The van der Waals surface area contributed by atoms with E-state index in [1.807, 2.05) is 12.1 Å². The van der Waals surface area contributed by atoms with Gasteiger partial charge in [0.25, 0.3) is 5.91 Å². The molecule has 2 aromatic carbocycles. The summed E-state index contributed by atoms with van der Waals surface area (Å²) < 4.78 is 37.1. The molecular formula is C20H17F2NO4. The third-order valence-corrected chi connectivity index (χ3v) is 4.03. The molecule has 5 nitrogen and oxygen atoms in total. The number of hydrogen-bond donors (Lipinski definition) is 1. The summed E-state index contributed by atoms with van der Waals surface area (Å²) in [5.74, 6) is -2.06. The SMILES string of the molecule is C[C@H](NC(=O)COC(=O)C1=Cc2ccccc2OC1)c1ccc(F)cc1F. The predicted molar refractivity (Wildman–Crippen MR) is 93.8 cm³/mol. The maximum Gasteiger partial charge on any atom is 0.338 e. The van der Waals surface area contributed by atoms with Gasteiger partial charge >= 0.3 is 5.97 Å². The monoisotopic (exact) mass is 373 g/mol. The number of rotatable bonds is 5. The van der Waals surface area contributed by atoms with Gasteiger partial charge in [0.05, 0.1) is 11.6 Å². The molecule has 1 atom stereocenters.